The van der Waals surface area contributed by atoms with Gasteiger partial charge < -0.3 is 14.1 Å². The maximum Gasteiger partial charge on any atom is 0.342 e. The summed E-state index contributed by atoms with van der Waals surface area (Å²) in [5, 5.41) is 4.19. The van der Waals surface area contributed by atoms with E-state index in [0.29, 0.717) is 16.6 Å². The standard InChI is InChI=1S/C24H22ClN3O4/c1-3-31-24(30)19-14(2)32-23-20(19)22(29)27-18(28-23)13-26-21(15-7-5-4-6-8-15)16-9-11-17(25)12-10-16/h4-12,21,26H,3,13H2,1-2H3,(H,27,28,29). The summed E-state index contributed by atoms with van der Waals surface area (Å²) in [5.41, 5.74) is 1.83. The van der Waals surface area contributed by atoms with Crippen LogP contribution in [0.15, 0.2) is 63.8 Å². The molecule has 2 aromatic heterocycles. The number of aromatic nitrogens is 2. The molecule has 4 aromatic rings. The lowest BCUT2D eigenvalue weighted by atomic mass is 9.99. The zero-order valence-electron chi connectivity index (χ0n) is 17.6. The number of nitrogens with zero attached hydrogens (tertiary/aromatic N) is 1. The average Bonchev–Trinajstić information content (AvgIpc) is 3.12. The first-order chi connectivity index (χ1) is 15.5. The van der Waals surface area contributed by atoms with Crippen LogP contribution in [-0.2, 0) is 11.3 Å². The van der Waals surface area contributed by atoms with Gasteiger partial charge in [-0.05, 0) is 37.1 Å². The van der Waals surface area contributed by atoms with E-state index in [0.717, 1.165) is 11.1 Å². The number of nitrogens with one attached hydrogen (secondary N) is 2. The second-order valence-corrected chi connectivity index (χ2v) is 7.66. The second kappa shape index (κ2) is 9.38. The summed E-state index contributed by atoms with van der Waals surface area (Å²) in [6.45, 7) is 3.77. The van der Waals surface area contributed by atoms with E-state index < -0.39 is 11.5 Å². The lowest BCUT2D eigenvalue weighted by molar-refractivity contribution is 0.0526. The third kappa shape index (κ3) is 4.44. The number of H-pyrrole nitrogens is 1. The Morgan fingerprint density at radius 2 is 1.84 bits per heavy atom. The van der Waals surface area contributed by atoms with Crippen LogP contribution in [0.25, 0.3) is 11.1 Å². The number of fused-ring (bicyclic) bond motifs is 1. The van der Waals surface area contributed by atoms with E-state index in [1.165, 1.54) is 0 Å². The fraction of sp³-hybridized carbons (Fsp3) is 0.208. The van der Waals surface area contributed by atoms with Crippen LogP contribution in [0.3, 0.4) is 0 Å². The Labute approximate surface area is 189 Å². The predicted molar refractivity (Wildman–Crippen MR) is 122 cm³/mol. The Bertz CT molecular complexity index is 1300. The predicted octanol–water partition coefficient (Wildman–Crippen LogP) is 4.53. The lowest BCUT2D eigenvalue weighted by Crippen LogP contribution is -2.25. The molecule has 0 radical (unpaired) electrons. The van der Waals surface area contributed by atoms with Crippen molar-refractivity contribution < 1.29 is 13.9 Å². The van der Waals surface area contributed by atoms with Crippen molar-refractivity contribution in [2.75, 3.05) is 6.61 Å². The van der Waals surface area contributed by atoms with Crippen LogP contribution in [0.1, 0.15) is 46.0 Å². The minimum atomic E-state index is -0.603. The number of aryl methyl sites for hydroxylation is 1. The molecule has 1 unspecified atom stereocenters. The van der Waals surface area contributed by atoms with Crippen LogP contribution < -0.4 is 10.9 Å². The first-order valence-corrected chi connectivity index (χ1v) is 10.6. The Hall–Kier alpha value is -3.42. The highest BCUT2D eigenvalue weighted by molar-refractivity contribution is 6.30. The van der Waals surface area contributed by atoms with Crippen LogP contribution in [0.5, 0.6) is 0 Å². The van der Waals surface area contributed by atoms with Gasteiger partial charge in [-0.25, -0.2) is 4.79 Å². The largest absolute Gasteiger partial charge is 0.462 e. The Kier molecular flexibility index (Phi) is 6.39. The number of ether oxygens (including phenoxy) is 1. The van der Waals surface area contributed by atoms with Crippen LogP contribution in [0.4, 0.5) is 0 Å². The average molecular weight is 452 g/mol. The molecule has 1 atom stereocenters. The van der Waals surface area contributed by atoms with Gasteiger partial charge in [0.15, 0.2) is 0 Å². The first-order valence-electron chi connectivity index (χ1n) is 10.2. The summed E-state index contributed by atoms with van der Waals surface area (Å²) in [4.78, 5) is 32.2. The second-order valence-electron chi connectivity index (χ2n) is 7.22. The number of rotatable bonds is 7. The minimum Gasteiger partial charge on any atom is -0.462 e. The summed E-state index contributed by atoms with van der Waals surface area (Å²) in [5.74, 6) is 0.0836. The summed E-state index contributed by atoms with van der Waals surface area (Å²) in [7, 11) is 0. The van der Waals surface area contributed by atoms with Gasteiger partial charge in [0.1, 0.15) is 22.5 Å². The molecule has 0 fully saturated rings. The summed E-state index contributed by atoms with van der Waals surface area (Å²) < 4.78 is 10.6. The van der Waals surface area contributed by atoms with Crippen molar-refractivity contribution in [3.8, 4) is 0 Å². The lowest BCUT2D eigenvalue weighted by Gasteiger charge is -2.19. The number of halogens is 1. The highest BCUT2D eigenvalue weighted by Crippen LogP contribution is 2.25. The fourth-order valence-electron chi connectivity index (χ4n) is 3.62. The van der Waals surface area contributed by atoms with Crippen molar-refractivity contribution in [1.29, 1.82) is 0 Å². The van der Waals surface area contributed by atoms with Crippen LogP contribution >= 0.6 is 11.6 Å². The molecule has 0 bridgehead atoms. The smallest absolute Gasteiger partial charge is 0.342 e. The molecule has 32 heavy (non-hydrogen) atoms. The number of benzene rings is 2. The van der Waals surface area contributed by atoms with E-state index >= 15 is 0 Å². The number of carbonyl (C=O) groups excluding carboxylic acids is 1. The van der Waals surface area contributed by atoms with Crippen molar-refractivity contribution in [2.45, 2.75) is 26.4 Å². The monoisotopic (exact) mass is 451 g/mol. The number of aromatic amines is 1. The Morgan fingerprint density at radius 3 is 2.53 bits per heavy atom. The fourth-order valence-corrected chi connectivity index (χ4v) is 3.75. The van der Waals surface area contributed by atoms with E-state index in [-0.39, 0.29) is 35.9 Å². The highest BCUT2D eigenvalue weighted by atomic mass is 35.5. The summed E-state index contributed by atoms with van der Waals surface area (Å²) in [6, 6.07) is 17.4. The molecule has 0 saturated carbocycles. The normalized spacial score (nSPS) is 12.1. The molecule has 2 heterocycles. The maximum absolute atomic E-state index is 12.8. The minimum absolute atomic E-state index is 0.0991. The van der Waals surface area contributed by atoms with Gasteiger partial charge in [0.05, 0.1) is 19.2 Å². The van der Waals surface area contributed by atoms with E-state index in [1.54, 1.807) is 13.8 Å². The summed E-state index contributed by atoms with van der Waals surface area (Å²) in [6.07, 6.45) is 0. The molecule has 0 aliphatic rings. The number of furan rings is 1. The SMILES string of the molecule is CCOC(=O)c1c(C)oc2nc(CNC(c3ccccc3)c3ccc(Cl)cc3)[nH]c(=O)c12. The first kappa shape index (κ1) is 21.8. The number of carbonyl (C=O) groups is 1. The molecule has 4 rings (SSSR count). The molecule has 0 aliphatic carbocycles. The van der Waals surface area contributed by atoms with Gasteiger partial charge in [-0.15, -0.1) is 0 Å². The van der Waals surface area contributed by atoms with Gasteiger partial charge in [-0.1, -0.05) is 54.1 Å². The van der Waals surface area contributed by atoms with Crippen molar-refractivity contribution >= 4 is 28.7 Å². The van der Waals surface area contributed by atoms with E-state index in [4.69, 9.17) is 20.8 Å². The molecule has 0 aliphatic heterocycles. The van der Waals surface area contributed by atoms with Crippen molar-refractivity contribution in [3.05, 3.63) is 98.2 Å². The Morgan fingerprint density at radius 1 is 1.16 bits per heavy atom. The highest BCUT2D eigenvalue weighted by Gasteiger charge is 2.24. The number of esters is 1. The van der Waals surface area contributed by atoms with Crippen LogP contribution in [0.2, 0.25) is 5.02 Å². The van der Waals surface area contributed by atoms with Gasteiger partial charge in [-0.3, -0.25) is 10.1 Å². The van der Waals surface area contributed by atoms with Crippen molar-refractivity contribution in [1.82, 2.24) is 15.3 Å². The third-order valence-electron chi connectivity index (χ3n) is 5.08. The zero-order valence-corrected chi connectivity index (χ0v) is 18.4. The number of hydrogen-bond acceptors (Lipinski definition) is 6. The van der Waals surface area contributed by atoms with Crippen LogP contribution in [-0.4, -0.2) is 22.5 Å². The molecular formula is C24H22ClN3O4. The van der Waals surface area contributed by atoms with Gasteiger partial charge >= 0.3 is 5.97 Å². The van der Waals surface area contributed by atoms with Gasteiger partial charge in [0.2, 0.25) is 5.71 Å². The van der Waals surface area contributed by atoms with Gasteiger partial charge in [0, 0.05) is 5.02 Å². The zero-order chi connectivity index (χ0) is 22.7. The van der Waals surface area contributed by atoms with E-state index in [1.807, 2.05) is 54.6 Å². The topological polar surface area (TPSA) is 97.2 Å². The Balaban J connectivity index is 1.65. The quantitative estimate of drug-likeness (QED) is 0.400. The third-order valence-corrected chi connectivity index (χ3v) is 5.33. The maximum atomic E-state index is 12.8. The van der Waals surface area contributed by atoms with Crippen molar-refractivity contribution in [2.24, 2.45) is 0 Å². The summed E-state index contributed by atoms with van der Waals surface area (Å²) >= 11 is 6.05. The molecule has 0 saturated heterocycles. The molecule has 164 valence electrons. The van der Waals surface area contributed by atoms with Gasteiger partial charge in [-0.2, -0.15) is 4.98 Å². The molecular weight excluding hydrogens is 430 g/mol. The number of hydrogen-bond donors (Lipinski definition) is 2. The van der Waals surface area contributed by atoms with Gasteiger partial charge in [0.25, 0.3) is 5.56 Å². The van der Waals surface area contributed by atoms with E-state index in [2.05, 4.69) is 15.3 Å². The van der Waals surface area contributed by atoms with Crippen LogP contribution in [0, 0.1) is 6.92 Å². The van der Waals surface area contributed by atoms with Crippen molar-refractivity contribution in [3.63, 3.8) is 0 Å². The molecule has 2 aromatic carbocycles. The molecule has 0 spiro atoms. The molecule has 2 N–H and O–H groups in total. The molecule has 8 heteroatoms. The molecule has 0 amide bonds. The molecule has 7 nitrogen and oxygen atoms in total. The van der Waals surface area contributed by atoms with E-state index in [9.17, 15) is 9.59 Å².